The Morgan fingerprint density at radius 3 is 2.33 bits per heavy atom. The molecule has 1 fully saturated rings. The van der Waals surface area contributed by atoms with Crippen LogP contribution in [-0.4, -0.2) is 33.4 Å². The Hall–Kier alpha value is -3.74. The largest absolute Gasteiger partial charge is 0.486 e. The van der Waals surface area contributed by atoms with E-state index in [9.17, 15) is 9.59 Å². The lowest BCUT2D eigenvalue weighted by molar-refractivity contribution is -0.116. The van der Waals surface area contributed by atoms with E-state index in [1.54, 1.807) is 0 Å². The van der Waals surface area contributed by atoms with Gasteiger partial charge in [0.05, 0.1) is 12.4 Å². The number of carbonyl (C=O) groups excluding carboxylic acids is 2. The monoisotopic (exact) mass is 444 g/mol. The quantitative estimate of drug-likeness (QED) is 0.518. The zero-order valence-corrected chi connectivity index (χ0v) is 19.4. The molecule has 0 unspecified atom stereocenters. The Bertz CT molecular complexity index is 1150. The van der Waals surface area contributed by atoms with Crippen molar-refractivity contribution in [2.24, 2.45) is 0 Å². The van der Waals surface area contributed by atoms with Crippen molar-refractivity contribution in [3.05, 3.63) is 83.2 Å². The van der Waals surface area contributed by atoms with Gasteiger partial charge in [0.15, 0.2) is 5.75 Å². The Kier molecular flexibility index (Phi) is 6.14. The predicted molar refractivity (Wildman–Crippen MR) is 126 cm³/mol. The van der Waals surface area contributed by atoms with Gasteiger partial charge < -0.3 is 9.64 Å². The molecule has 3 amide bonds. The van der Waals surface area contributed by atoms with Crippen LogP contribution in [0.5, 0.6) is 5.75 Å². The number of hydrogen-bond donors (Lipinski definition) is 0. The number of hydrogen-bond acceptors (Lipinski definition) is 5. The molecule has 1 aliphatic heterocycles. The molecule has 0 aliphatic carbocycles. The molecule has 0 radical (unpaired) electrons. The molecule has 3 aromatic rings. The van der Waals surface area contributed by atoms with Crippen LogP contribution >= 0.6 is 0 Å². The summed E-state index contributed by atoms with van der Waals surface area (Å²) >= 11 is 0. The normalized spacial score (nSPS) is 14.2. The first-order valence-corrected chi connectivity index (χ1v) is 10.9. The lowest BCUT2D eigenvalue weighted by Gasteiger charge is -2.24. The van der Waals surface area contributed by atoms with Gasteiger partial charge in [-0.1, -0.05) is 69.3 Å². The first kappa shape index (κ1) is 22.5. The lowest BCUT2D eigenvalue weighted by Crippen LogP contribution is -2.34. The van der Waals surface area contributed by atoms with Crippen LogP contribution in [0.25, 0.3) is 0 Å². The topological polar surface area (TPSA) is 75.6 Å². The molecule has 7 heteroatoms. The molecule has 0 bridgehead atoms. The van der Waals surface area contributed by atoms with Gasteiger partial charge in [0.1, 0.15) is 13.2 Å². The molecule has 0 spiro atoms. The SMILES string of the molecule is Cc1cccc(C(C)(C)C)c1COc1cnc(N2C(=O)CN(Cc3ccccc3)C2=O)nc1. The second-order valence-corrected chi connectivity index (χ2v) is 9.21. The number of anilines is 1. The third-order valence-corrected chi connectivity index (χ3v) is 5.67. The molecule has 7 nitrogen and oxygen atoms in total. The molecular formula is C26H28N4O3. The summed E-state index contributed by atoms with van der Waals surface area (Å²) in [7, 11) is 0. The molecule has 1 aromatic heterocycles. The van der Waals surface area contributed by atoms with E-state index in [1.165, 1.54) is 22.9 Å². The van der Waals surface area contributed by atoms with Gasteiger partial charge in [-0.15, -0.1) is 0 Å². The fourth-order valence-corrected chi connectivity index (χ4v) is 3.93. The Labute approximate surface area is 194 Å². The Morgan fingerprint density at radius 2 is 1.67 bits per heavy atom. The van der Waals surface area contributed by atoms with E-state index < -0.39 is 6.03 Å². The van der Waals surface area contributed by atoms with Crippen LogP contribution in [0.2, 0.25) is 0 Å². The van der Waals surface area contributed by atoms with Crippen molar-refractivity contribution in [3.63, 3.8) is 0 Å². The van der Waals surface area contributed by atoms with Crippen LogP contribution in [-0.2, 0) is 23.4 Å². The molecule has 0 N–H and O–H groups in total. The molecule has 2 heterocycles. The smallest absolute Gasteiger partial charge is 0.334 e. The van der Waals surface area contributed by atoms with E-state index in [1.807, 2.05) is 30.3 Å². The van der Waals surface area contributed by atoms with Crippen molar-refractivity contribution in [1.82, 2.24) is 14.9 Å². The molecular weight excluding hydrogens is 416 g/mol. The minimum Gasteiger partial charge on any atom is -0.486 e. The van der Waals surface area contributed by atoms with Gasteiger partial charge in [-0.2, -0.15) is 4.90 Å². The predicted octanol–water partition coefficient (Wildman–Crippen LogP) is 4.63. The number of rotatable bonds is 6. The fraction of sp³-hybridized carbons (Fsp3) is 0.308. The number of aromatic nitrogens is 2. The van der Waals surface area contributed by atoms with Crippen LogP contribution < -0.4 is 9.64 Å². The highest BCUT2D eigenvalue weighted by Crippen LogP contribution is 2.29. The number of ether oxygens (including phenoxy) is 1. The van der Waals surface area contributed by atoms with Crippen LogP contribution in [0.3, 0.4) is 0 Å². The zero-order chi connectivity index (χ0) is 23.6. The fourth-order valence-electron chi connectivity index (χ4n) is 3.93. The summed E-state index contributed by atoms with van der Waals surface area (Å²) in [4.78, 5) is 36.3. The number of amides is 3. The van der Waals surface area contributed by atoms with Crippen LogP contribution in [0.1, 0.15) is 43.0 Å². The highest BCUT2D eigenvalue weighted by molar-refractivity contribution is 6.18. The van der Waals surface area contributed by atoms with Crippen molar-refractivity contribution in [2.45, 2.75) is 46.3 Å². The third-order valence-electron chi connectivity index (χ3n) is 5.67. The van der Waals surface area contributed by atoms with E-state index in [0.717, 1.165) is 21.6 Å². The number of imide groups is 1. The summed E-state index contributed by atoms with van der Waals surface area (Å²) in [5.41, 5.74) is 4.47. The first-order chi connectivity index (χ1) is 15.7. The number of carbonyl (C=O) groups is 2. The van der Waals surface area contributed by atoms with Gasteiger partial charge in [-0.05, 0) is 34.6 Å². The van der Waals surface area contributed by atoms with Gasteiger partial charge in [-0.25, -0.2) is 14.8 Å². The van der Waals surface area contributed by atoms with Gasteiger partial charge in [0.2, 0.25) is 5.95 Å². The van der Waals surface area contributed by atoms with Crippen LogP contribution in [0, 0.1) is 6.92 Å². The standard InChI is InChI=1S/C26H28N4O3/c1-18-9-8-12-22(26(2,3)4)21(18)17-33-20-13-27-24(28-14-20)30-23(31)16-29(25(30)32)15-19-10-6-5-7-11-19/h5-14H,15-17H2,1-4H3. The number of urea groups is 1. The van der Waals surface area contributed by atoms with Gasteiger partial charge in [0.25, 0.3) is 5.91 Å². The maximum Gasteiger partial charge on any atom is 0.334 e. The third kappa shape index (κ3) is 4.87. The average Bonchev–Trinajstić information content (AvgIpc) is 3.06. The summed E-state index contributed by atoms with van der Waals surface area (Å²) in [6, 6.07) is 15.4. The molecule has 0 saturated carbocycles. The second-order valence-electron chi connectivity index (χ2n) is 9.21. The van der Waals surface area contributed by atoms with E-state index in [0.29, 0.717) is 18.9 Å². The summed E-state index contributed by atoms with van der Waals surface area (Å²) in [5.74, 6) is 0.181. The number of benzene rings is 2. The summed E-state index contributed by atoms with van der Waals surface area (Å²) in [6.07, 6.45) is 3.00. The summed E-state index contributed by atoms with van der Waals surface area (Å²) < 4.78 is 5.96. The van der Waals surface area contributed by atoms with E-state index in [-0.39, 0.29) is 23.8 Å². The molecule has 33 heavy (non-hydrogen) atoms. The van der Waals surface area contributed by atoms with Crippen LogP contribution in [0.4, 0.5) is 10.7 Å². The Balaban J connectivity index is 1.45. The minimum absolute atomic E-state index is 0.00178. The van der Waals surface area contributed by atoms with Crippen LogP contribution in [0.15, 0.2) is 60.9 Å². The summed E-state index contributed by atoms with van der Waals surface area (Å²) in [6.45, 7) is 9.33. The minimum atomic E-state index is -0.424. The van der Waals surface area contributed by atoms with E-state index >= 15 is 0 Å². The molecule has 2 aromatic carbocycles. The van der Waals surface area contributed by atoms with E-state index in [2.05, 4.69) is 55.9 Å². The zero-order valence-electron chi connectivity index (χ0n) is 19.4. The summed E-state index contributed by atoms with van der Waals surface area (Å²) in [5, 5.41) is 0. The maximum absolute atomic E-state index is 12.8. The van der Waals surface area contributed by atoms with Crippen molar-refractivity contribution in [2.75, 3.05) is 11.4 Å². The Morgan fingerprint density at radius 1 is 0.970 bits per heavy atom. The number of aryl methyl sites for hydroxylation is 1. The molecule has 1 aliphatic rings. The van der Waals surface area contributed by atoms with Crippen molar-refractivity contribution in [1.29, 1.82) is 0 Å². The molecule has 170 valence electrons. The van der Waals surface area contributed by atoms with Crippen molar-refractivity contribution in [3.8, 4) is 5.75 Å². The number of nitrogens with zero attached hydrogens (tertiary/aromatic N) is 4. The van der Waals surface area contributed by atoms with Crippen molar-refractivity contribution < 1.29 is 14.3 Å². The lowest BCUT2D eigenvalue weighted by atomic mass is 9.82. The van der Waals surface area contributed by atoms with Crippen molar-refractivity contribution >= 4 is 17.9 Å². The molecule has 1 saturated heterocycles. The van der Waals surface area contributed by atoms with E-state index in [4.69, 9.17) is 4.74 Å². The molecule has 4 rings (SSSR count). The highest BCUT2D eigenvalue weighted by Gasteiger charge is 2.38. The van der Waals surface area contributed by atoms with Gasteiger partial charge in [-0.3, -0.25) is 4.79 Å². The molecule has 0 atom stereocenters. The maximum atomic E-state index is 12.8. The average molecular weight is 445 g/mol. The first-order valence-electron chi connectivity index (χ1n) is 10.9. The second kappa shape index (κ2) is 9.02. The highest BCUT2D eigenvalue weighted by atomic mass is 16.5. The van der Waals surface area contributed by atoms with Gasteiger partial charge >= 0.3 is 6.03 Å². The van der Waals surface area contributed by atoms with Gasteiger partial charge in [0, 0.05) is 6.54 Å².